The van der Waals surface area contributed by atoms with Crippen LogP contribution in [0.25, 0.3) is 0 Å². The van der Waals surface area contributed by atoms with Crippen LogP contribution in [0.3, 0.4) is 0 Å². The molecule has 2 atom stereocenters. The first-order chi connectivity index (χ1) is 11.7. The summed E-state index contributed by atoms with van der Waals surface area (Å²) >= 11 is 0. The van der Waals surface area contributed by atoms with E-state index in [1.165, 1.54) is 37.8 Å². The molecule has 0 bridgehead atoms. The summed E-state index contributed by atoms with van der Waals surface area (Å²) in [7, 11) is 1.86. The van der Waals surface area contributed by atoms with Crippen molar-refractivity contribution in [3.05, 3.63) is 30.3 Å². The summed E-state index contributed by atoms with van der Waals surface area (Å²) in [5.41, 5.74) is 1.34. The summed E-state index contributed by atoms with van der Waals surface area (Å²) in [5.74, 6) is 1.62. The highest BCUT2D eigenvalue weighted by Crippen LogP contribution is 2.22. The van der Waals surface area contributed by atoms with Crippen LogP contribution in [-0.4, -0.2) is 38.7 Å². The minimum atomic E-state index is 0.479. The number of hydrogen-bond acceptors (Lipinski definition) is 2. The molecule has 1 aliphatic heterocycles. The number of benzene rings is 1. The second-order valence-electron chi connectivity index (χ2n) is 6.93. The van der Waals surface area contributed by atoms with Crippen molar-refractivity contribution in [2.24, 2.45) is 10.9 Å². The molecule has 1 fully saturated rings. The molecule has 0 amide bonds. The second kappa shape index (κ2) is 10.2. The predicted molar refractivity (Wildman–Crippen MR) is 105 cm³/mol. The molecular formula is C20H34N4. The van der Waals surface area contributed by atoms with Crippen LogP contribution in [-0.2, 0) is 0 Å². The maximum atomic E-state index is 4.38. The number of hydrogen-bond donors (Lipinski definition) is 2. The van der Waals surface area contributed by atoms with Gasteiger partial charge in [0.2, 0.25) is 0 Å². The topological polar surface area (TPSA) is 39.7 Å². The number of rotatable bonds is 8. The van der Waals surface area contributed by atoms with E-state index in [0.29, 0.717) is 12.0 Å². The number of nitrogens with zero attached hydrogens (tertiary/aromatic N) is 2. The molecule has 0 aliphatic carbocycles. The van der Waals surface area contributed by atoms with Crippen LogP contribution in [0.5, 0.6) is 0 Å². The lowest BCUT2D eigenvalue weighted by Gasteiger charge is -2.21. The first kappa shape index (κ1) is 18.6. The van der Waals surface area contributed by atoms with Crippen molar-refractivity contribution in [2.75, 3.05) is 31.6 Å². The molecule has 2 rings (SSSR count). The lowest BCUT2D eigenvalue weighted by Crippen LogP contribution is -2.44. The fourth-order valence-electron chi connectivity index (χ4n) is 3.31. The average Bonchev–Trinajstić information content (AvgIpc) is 3.08. The molecular weight excluding hydrogens is 296 g/mol. The summed E-state index contributed by atoms with van der Waals surface area (Å²) < 4.78 is 0. The Hall–Kier alpha value is -1.71. The predicted octanol–water partition coefficient (Wildman–Crippen LogP) is 3.65. The number of unbranched alkanes of at least 4 members (excludes halogenated alkanes) is 2. The molecule has 1 aliphatic rings. The fourth-order valence-corrected chi connectivity index (χ4v) is 3.31. The number of nitrogens with one attached hydrogen (secondary N) is 2. The van der Waals surface area contributed by atoms with Crippen LogP contribution in [0.1, 0.15) is 46.0 Å². The Morgan fingerprint density at radius 1 is 1.29 bits per heavy atom. The molecule has 1 heterocycles. The Balaban J connectivity index is 1.70. The number of para-hydroxylation sites is 1. The van der Waals surface area contributed by atoms with E-state index in [4.69, 9.17) is 0 Å². The molecule has 4 heteroatoms. The number of guanidine groups is 1. The summed E-state index contributed by atoms with van der Waals surface area (Å²) in [6.07, 6.45) is 6.33. The third kappa shape index (κ3) is 6.06. The molecule has 0 spiro atoms. The molecule has 1 aromatic rings. The average molecular weight is 331 g/mol. The van der Waals surface area contributed by atoms with Crippen molar-refractivity contribution < 1.29 is 0 Å². The Morgan fingerprint density at radius 3 is 2.79 bits per heavy atom. The Bertz CT molecular complexity index is 486. The lowest BCUT2D eigenvalue weighted by molar-refractivity contribution is 0.530. The van der Waals surface area contributed by atoms with Crippen molar-refractivity contribution >= 4 is 11.6 Å². The quantitative estimate of drug-likeness (QED) is 0.434. The van der Waals surface area contributed by atoms with E-state index >= 15 is 0 Å². The van der Waals surface area contributed by atoms with Crippen molar-refractivity contribution in [3.8, 4) is 0 Å². The van der Waals surface area contributed by atoms with Gasteiger partial charge in [-0.3, -0.25) is 4.99 Å². The second-order valence-corrected chi connectivity index (χ2v) is 6.93. The smallest absolute Gasteiger partial charge is 0.191 e. The van der Waals surface area contributed by atoms with Gasteiger partial charge in [0.1, 0.15) is 0 Å². The Labute approximate surface area is 147 Å². The maximum absolute atomic E-state index is 4.38. The van der Waals surface area contributed by atoms with E-state index in [0.717, 1.165) is 25.6 Å². The van der Waals surface area contributed by atoms with Gasteiger partial charge in [-0.05, 0) is 37.8 Å². The molecule has 0 radical (unpaired) electrons. The molecule has 4 nitrogen and oxygen atoms in total. The van der Waals surface area contributed by atoms with Crippen LogP contribution in [0.4, 0.5) is 5.69 Å². The van der Waals surface area contributed by atoms with Gasteiger partial charge in [0, 0.05) is 38.4 Å². The molecule has 2 unspecified atom stereocenters. The van der Waals surface area contributed by atoms with E-state index in [2.05, 4.69) is 64.7 Å². The van der Waals surface area contributed by atoms with Gasteiger partial charge in [-0.15, -0.1) is 0 Å². The zero-order valence-corrected chi connectivity index (χ0v) is 15.6. The van der Waals surface area contributed by atoms with Crippen molar-refractivity contribution in [1.29, 1.82) is 0 Å². The maximum Gasteiger partial charge on any atom is 0.191 e. The fraction of sp³-hybridized carbons (Fsp3) is 0.650. The van der Waals surface area contributed by atoms with Gasteiger partial charge in [0.15, 0.2) is 5.96 Å². The van der Waals surface area contributed by atoms with E-state index in [9.17, 15) is 0 Å². The zero-order chi connectivity index (χ0) is 17.2. The largest absolute Gasteiger partial charge is 0.371 e. The number of anilines is 1. The molecule has 24 heavy (non-hydrogen) atoms. The lowest BCUT2D eigenvalue weighted by atomic mass is 10.1. The van der Waals surface area contributed by atoms with Crippen LogP contribution in [0.2, 0.25) is 0 Å². The molecule has 1 saturated heterocycles. The summed E-state index contributed by atoms with van der Waals surface area (Å²) in [5, 5.41) is 7.03. The van der Waals surface area contributed by atoms with Crippen LogP contribution >= 0.6 is 0 Å². The first-order valence-corrected chi connectivity index (χ1v) is 9.50. The van der Waals surface area contributed by atoms with Crippen LogP contribution < -0.4 is 15.5 Å². The van der Waals surface area contributed by atoms with Crippen molar-refractivity contribution in [2.45, 2.75) is 52.0 Å². The van der Waals surface area contributed by atoms with Gasteiger partial charge in [-0.25, -0.2) is 0 Å². The Kier molecular flexibility index (Phi) is 7.93. The molecule has 0 aromatic heterocycles. The van der Waals surface area contributed by atoms with Gasteiger partial charge in [0.05, 0.1) is 0 Å². The third-order valence-corrected chi connectivity index (χ3v) is 4.81. The summed E-state index contributed by atoms with van der Waals surface area (Å²) in [4.78, 5) is 6.86. The van der Waals surface area contributed by atoms with Crippen molar-refractivity contribution in [3.63, 3.8) is 0 Å². The first-order valence-electron chi connectivity index (χ1n) is 9.50. The third-order valence-electron chi connectivity index (χ3n) is 4.81. The van der Waals surface area contributed by atoms with E-state index in [-0.39, 0.29) is 0 Å². The minimum Gasteiger partial charge on any atom is -0.371 e. The zero-order valence-electron chi connectivity index (χ0n) is 15.6. The van der Waals surface area contributed by atoms with Gasteiger partial charge in [-0.2, -0.15) is 0 Å². The summed E-state index contributed by atoms with van der Waals surface area (Å²) in [6, 6.07) is 11.2. The van der Waals surface area contributed by atoms with Gasteiger partial charge < -0.3 is 15.5 Å². The van der Waals surface area contributed by atoms with Crippen LogP contribution in [0.15, 0.2) is 35.3 Å². The normalized spacial score (nSPS) is 19.4. The van der Waals surface area contributed by atoms with E-state index < -0.39 is 0 Å². The van der Waals surface area contributed by atoms with E-state index in [1.807, 2.05) is 7.05 Å². The van der Waals surface area contributed by atoms with Crippen LogP contribution in [0, 0.1) is 5.92 Å². The molecule has 2 N–H and O–H groups in total. The standard InChI is InChI=1S/C20H34N4/c1-4-5-7-10-17(2)23-20(21-3)22-15-18-13-14-24(16-18)19-11-8-6-9-12-19/h6,8-9,11-12,17-18H,4-5,7,10,13-16H2,1-3H3,(H2,21,22,23). The Morgan fingerprint density at radius 2 is 2.08 bits per heavy atom. The summed E-state index contributed by atoms with van der Waals surface area (Å²) in [6.45, 7) is 7.76. The minimum absolute atomic E-state index is 0.479. The van der Waals surface area contributed by atoms with Gasteiger partial charge in [-0.1, -0.05) is 44.4 Å². The molecule has 1 aromatic carbocycles. The molecule has 134 valence electrons. The highest BCUT2D eigenvalue weighted by Gasteiger charge is 2.22. The SMILES string of the molecule is CCCCCC(C)NC(=NC)NCC1CCN(c2ccccc2)C1. The van der Waals surface area contributed by atoms with Crippen molar-refractivity contribution in [1.82, 2.24) is 10.6 Å². The van der Waals surface area contributed by atoms with Gasteiger partial charge in [0.25, 0.3) is 0 Å². The van der Waals surface area contributed by atoms with Gasteiger partial charge >= 0.3 is 0 Å². The van der Waals surface area contributed by atoms with E-state index in [1.54, 1.807) is 0 Å². The highest BCUT2D eigenvalue weighted by molar-refractivity contribution is 5.79. The molecule has 0 saturated carbocycles. The number of aliphatic imine (C=N–C) groups is 1. The monoisotopic (exact) mass is 330 g/mol. The highest BCUT2D eigenvalue weighted by atomic mass is 15.2.